The molecule has 0 N–H and O–H groups in total. The zero-order valence-corrected chi connectivity index (χ0v) is 10.5. The van der Waals surface area contributed by atoms with Crippen LogP contribution in [-0.2, 0) is 0 Å². The van der Waals surface area contributed by atoms with E-state index in [1.165, 1.54) is 32.1 Å². The Balaban J connectivity index is 2.09. The first-order valence-electron chi connectivity index (χ1n) is 5.16. The Hall–Kier alpha value is 0.430. The van der Waals surface area contributed by atoms with Gasteiger partial charge in [0, 0.05) is 15.5 Å². The first-order valence-corrected chi connectivity index (χ1v) is 6.24. The molecule has 2 aliphatic heterocycles. The molecule has 0 aromatic heterocycles. The summed E-state index contributed by atoms with van der Waals surface area (Å²) in [5.74, 6) is 0. The van der Waals surface area contributed by atoms with Crippen molar-refractivity contribution in [1.82, 2.24) is 4.90 Å². The lowest BCUT2D eigenvalue weighted by Crippen LogP contribution is -2.45. The molecule has 2 aliphatic rings. The molecule has 2 atom stereocenters. The standard InChI is InChI=1S/C11H18IN/c1-3-6-11(12)7-9-4-5-10(8-11)13(9)2/h3,9-10H,1,4-8H2,2H3. The van der Waals surface area contributed by atoms with E-state index in [9.17, 15) is 0 Å². The molecule has 2 heterocycles. The number of halogens is 1. The van der Waals surface area contributed by atoms with Crippen molar-refractivity contribution < 1.29 is 0 Å². The quantitative estimate of drug-likeness (QED) is 0.429. The van der Waals surface area contributed by atoms with Crippen LogP contribution in [0.3, 0.4) is 0 Å². The van der Waals surface area contributed by atoms with E-state index in [-0.39, 0.29) is 0 Å². The Morgan fingerprint density at radius 3 is 2.46 bits per heavy atom. The molecule has 0 amide bonds. The Bertz CT molecular complexity index is 200. The second-order valence-electron chi connectivity index (χ2n) is 4.60. The third-order valence-corrected chi connectivity index (χ3v) is 5.02. The van der Waals surface area contributed by atoms with Crippen LogP contribution >= 0.6 is 22.6 Å². The summed E-state index contributed by atoms with van der Waals surface area (Å²) < 4.78 is 0.526. The van der Waals surface area contributed by atoms with Crippen LogP contribution in [0.15, 0.2) is 12.7 Å². The topological polar surface area (TPSA) is 3.24 Å². The molecule has 2 bridgehead atoms. The fraction of sp³-hybridized carbons (Fsp3) is 0.818. The van der Waals surface area contributed by atoms with Gasteiger partial charge < -0.3 is 4.90 Å². The number of piperidine rings is 1. The predicted molar refractivity (Wildman–Crippen MR) is 65.4 cm³/mol. The number of nitrogens with zero attached hydrogens (tertiary/aromatic N) is 1. The number of hydrogen-bond acceptors (Lipinski definition) is 1. The van der Waals surface area contributed by atoms with Gasteiger partial charge in [0.05, 0.1) is 0 Å². The van der Waals surface area contributed by atoms with Crippen LogP contribution in [0.1, 0.15) is 32.1 Å². The second-order valence-corrected chi connectivity index (χ2v) is 6.89. The van der Waals surface area contributed by atoms with Crippen molar-refractivity contribution in [1.29, 1.82) is 0 Å². The number of rotatable bonds is 2. The molecular weight excluding hydrogens is 273 g/mol. The van der Waals surface area contributed by atoms with E-state index in [1.807, 2.05) is 0 Å². The number of fused-ring (bicyclic) bond motifs is 2. The van der Waals surface area contributed by atoms with Crippen molar-refractivity contribution in [3.63, 3.8) is 0 Å². The van der Waals surface area contributed by atoms with Crippen LogP contribution in [0, 0.1) is 0 Å². The van der Waals surface area contributed by atoms with Crippen molar-refractivity contribution in [2.24, 2.45) is 0 Å². The van der Waals surface area contributed by atoms with Gasteiger partial charge in [-0.3, -0.25) is 0 Å². The zero-order chi connectivity index (χ0) is 9.47. The van der Waals surface area contributed by atoms with Crippen LogP contribution in [0.4, 0.5) is 0 Å². The Morgan fingerprint density at radius 2 is 2.00 bits per heavy atom. The van der Waals surface area contributed by atoms with E-state index >= 15 is 0 Å². The average molecular weight is 291 g/mol. The van der Waals surface area contributed by atoms with Gasteiger partial charge in [0.25, 0.3) is 0 Å². The predicted octanol–water partition coefficient (Wildman–Crippen LogP) is 2.99. The molecule has 2 unspecified atom stereocenters. The van der Waals surface area contributed by atoms with Gasteiger partial charge in [0.15, 0.2) is 0 Å². The van der Waals surface area contributed by atoms with Crippen LogP contribution < -0.4 is 0 Å². The van der Waals surface area contributed by atoms with E-state index in [0.29, 0.717) is 3.42 Å². The van der Waals surface area contributed by atoms with Crippen molar-refractivity contribution in [3.8, 4) is 0 Å². The minimum absolute atomic E-state index is 0.526. The Morgan fingerprint density at radius 1 is 1.46 bits per heavy atom. The van der Waals surface area contributed by atoms with Gasteiger partial charge in [-0.1, -0.05) is 28.7 Å². The lowest BCUT2D eigenvalue weighted by Gasteiger charge is -2.41. The molecule has 2 rings (SSSR count). The molecule has 0 aromatic carbocycles. The lowest BCUT2D eigenvalue weighted by molar-refractivity contribution is 0.156. The molecular formula is C11H18IN. The molecule has 0 aromatic rings. The van der Waals surface area contributed by atoms with Crippen LogP contribution in [0.5, 0.6) is 0 Å². The van der Waals surface area contributed by atoms with Crippen molar-refractivity contribution in [2.45, 2.75) is 47.6 Å². The van der Waals surface area contributed by atoms with Gasteiger partial charge in [-0.2, -0.15) is 0 Å². The summed E-state index contributed by atoms with van der Waals surface area (Å²) in [6, 6.07) is 1.71. The Kier molecular flexibility index (Phi) is 2.71. The number of hydrogen-bond donors (Lipinski definition) is 0. The molecule has 13 heavy (non-hydrogen) atoms. The third-order valence-electron chi connectivity index (χ3n) is 3.70. The summed E-state index contributed by atoms with van der Waals surface area (Å²) >= 11 is 2.67. The fourth-order valence-electron chi connectivity index (χ4n) is 2.94. The summed E-state index contributed by atoms with van der Waals surface area (Å²) in [5.41, 5.74) is 0. The highest BCUT2D eigenvalue weighted by atomic mass is 127. The third kappa shape index (κ3) is 1.80. The van der Waals surface area contributed by atoms with E-state index in [4.69, 9.17) is 0 Å². The maximum Gasteiger partial charge on any atom is 0.0286 e. The lowest BCUT2D eigenvalue weighted by atomic mass is 9.88. The van der Waals surface area contributed by atoms with Crippen LogP contribution in [-0.4, -0.2) is 27.5 Å². The largest absolute Gasteiger partial charge is 0.300 e. The SMILES string of the molecule is C=CCC1(I)CC2CCC(C1)N2C. The van der Waals surface area contributed by atoms with Crippen molar-refractivity contribution in [2.75, 3.05) is 7.05 Å². The van der Waals surface area contributed by atoms with Gasteiger partial charge in [-0.15, -0.1) is 6.58 Å². The summed E-state index contributed by atoms with van der Waals surface area (Å²) in [6.07, 6.45) is 8.86. The van der Waals surface area contributed by atoms with Gasteiger partial charge >= 0.3 is 0 Å². The Labute approximate surface area is 94.7 Å². The van der Waals surface area contributed by atoms with E-state index in [1.54, 1.807) is 0 Å². The van der Waals surface area contributed by atoms with Gasteiger partial charge in [-0.25, -0.2) is 0 Å². The molecule has 2 saturated heterocycles. The monoisotopic (exact) mass is 291 g/mol. The minimum atomic E-state index is 0.526. The number of allylic oxidation sites excluding steroid dienone is 1. The molecule has 1 nitrogen and oxygen atoms in total. The molecule has 0 aliphatic carbocycles. The maximum absolute atomic E-state index is 3.87. The minimum Gasteiger partial charge on any atom is -0.300 e. The van der Waals surface area contributed by atoms with Crippen LogP contribution in [0.25, 0.3) is 0 Å². The summed E-state index contributed by atoms with van der Waals surface area (Å²) in [6.45, 7) is 3.87. The highest BCUT2D eigenvalue weighted by Gasteiger charge is 2.44. The summed E-state index contributed by atoms with van der Waals surface area (Å²) in [7, 11) is 2.30. The maximum atomic E-state index is 3.87. The first-order chi connectivity index (χ1) is 6.14. The second kappa shape index (κ2) is 3.54. The fourth-order valence-corrected chi connectivity index (χ4v) is 4.26. The van der Waals surface area contributed by atoms with E-state index in [0.717, 1.165) is 12.1 Å². The van der Waals surface area contributed by atoms with E-state index < -0.39 is 0 Å². The smallest absolute Gasteiger partial charge is 0.0286 e. The normalized spacial score (nSPS) is 45.1. The highest BCUT2D eigenvalue weighted by molar-refractivity contribution is 14.1. The summed E-state index contributed by atoms with van der Waals surface area (Å²) in [4.78, 5) is 2.60. The van der Waals surface area contributed by atoms with Gasteiger partial charge in [0.2, 0.25) is 0 Å². The molecule has 0 saturated carbocycles. The number of alkyl halides is 1. The van der Waals surface area contributed by atoms with Crippen molar-refractivity contribution >= 4 is 22.6 Å². The molecule has 0 spiro atoms. The van der Waals surface area contributed by atoms with Crippen molar-refractivity contribution in [3.05, 3.63) is 12.7 Å². The molecule has 74 valence electrons. The van der Waals surface area contributed by atoms with Gasteiger partial charge in [0.1, 0.15) is 0 Å². The van der Waals surface area contributed by atoms with Gasteiger partial charge in [-0.05, 0) is 39.2 Å². The van der Waals surface area contributed by atoms with E-state index in [2.05, 4.69) is 47.2 Å². The zero-order valence-electron chi connectivity index (χ0n) is 8.30. The van der Waals surface area contributed by atoms with Crippen LogP contribution in [0.2, 0.25) is 0 Å². The summed E-state index contributed by atoms with van der Waals surface area (Å²) in [5, 5.41) is 0. The highest BCUT2D eigenvalue weighted by Crippen LogP contribution is 2.46. The first kappa shape index (κ1) is 9.97. The average Bonchev–Trinajstić information content (AvgIpc) is 2.34. The molecule has 2 heteroatoms. The molecule has 2 fully saturated rings. The molecule has 0 radical (unpaired) electrons.